The van der Waals surface area contributed by atoms with Crippen molar-refractivity contribution in [1.82, 2.24) is 29.9 Å². The van der Waals surface area contributed by atoms with E-state index in [9.17, 15) is 4.79 Å². The van der Waals surface area contributed by atoms with Crippen LogP contribution in [0.2, 0.25) is 0 Å². The number of hydrogen-bond acceptors (Lipinski definition) is 6. The molecule has 0 aliphatic rings. The van der Waals surface area contributed by atoms with E-state index in [2.05, 4.69) is 41.8 Å². The van der Waals surface area contributed by atoms with E-state index in [0.717, 1.165) is 16.8 Å². The first kappa shape index (κ1) is 19.2. The minimum atomic E-state index is -0.299. The highest BCUT2D eigenvalue weighted by atomic mass is 16.5. The van der Waals surface area contributed by atoms with Gasteiger partial charge in [-0.1, -0.05) is 18.7 Å². The maximum atomic E-state index is 11.5. The summed E-state index contributed by atoms with van der Waals surface area (Å²) in [5.74, 6) is 1.25. The van der Waals surface area contributed by atoms with Crippen molar-refractivity contribution in [3.8, 4) is 34.3 Å². The minimum absolute atomic E-state index is 0.299. The highest BCUT2D eigenvalue weighted by Crippen LogP contribution is 2.29. The summed E-state index contributed by atoms with van der Waals surface area (Å²) < 4.78 is 5.88. The van der Waals surface area contributed by atoms with E-state index in [1.165, 1.54) is 12.3 Å². The molecule has 1 aromatic carbocycles. The number of pyridine rings is 1. The van der Waals surface area contributed by atoms with Crippen LogP contribution in [0.5, 0.6) is 11.6 Å². The molecule has 4 aromatic heterocycles. The summed E-state index contributed by atoms with van der Waals surface area (Å²) >= 11 is 0. The number of nitrogens with zero attached hydrogens (tertiary/aromatic N) is 4. The molecule has 5 rings (SSSR count). The maximum absolute atomic E-state index is 11.5. The standard InChI is InChI=1S/C23H17N7O2/c1-2-19(31)29-15-4-3-5-16(10-15)32-20-13-28-23-21(30-20)17(12-27-23)14-6-7-18(26-11-14)22-24-8-9-25-22/h2-13H,1H2,(H,24,25)(H,27,28)(H,29,31). The molecule has 4 heterocycles. The first-order valence-electron chi connectivity index (χ1n) is 9.71. The Hall–Kier alpha value is -4.79. The predicted molar refractivity (Wildman–Crippen MR) is 120 cm³/mol. The molecule has 3 N–H and O–H groups in total. The molecule has 0 unspecified atom stereocenters. The van der Waals surface area contributed by atoms with E-state index in [1.54, 1.807) is 42.9 Å². The maximum Gasteiger partial charge on any atom is 0.247 e. The average molecular weight is 423 g/mol. The van der Waals surface area contributed by atoms with Gasteiger partial charge in [0.25, 0.3) is 0 Å². The van der Waals surface area contributed by atoms with Crippen molar-refractivity contribution in [2.24, 2.45) is 0 Å². The lowest BCUT2D eigenvalue weighted by Gasteiger charge is -2.07. The first-order valence-corrected chi connectivity index (χ1v) is 9.71. The molecule has 0 bridgehead atoms. The number of rotatable bonds is 6. The van der Waals surface area contributed by atoms with E-state index >= 15 is 0 Å². The van der Waals surface area contributed by atoms with E-state index in [1.807, 2.05) is 18.3 Å². The van der Waals surface area contributed by atoms with Gasteiger partial charge in [0.15, 0.2) is 11.5 Å². The Morgan fingerprint density at radius 3 is 2.81 bits per heavy atom. The number of ether oxygens (including phenoxy) is 1. The van der Waals surface area contributed by atoms with Crippen LogP contribution >= 0.6 is 0 Å². The fourth-order valence-corrected chi connectivity index (χ4v) is 3.19. The molecule has 0 saturated carbocycles. The van der Waals surface area contributed by atoms with E-state index in [-0.39, 0.29) is 5.91 Å². The zero-order chi connectivity index (χ0) is 21.9. The number of aromatic nitrogens is 6. The molecule has 156 valence electrons. The number of nitrogens with one attached hydrogen (secondary N) is 3. The molecule has 0 aliphatic heterocycles. The normalized spacial score (nSPS) is 10.8. The summed E-state index contributed by atoms with van der Waals surface area (Å²) in [6, 6.07) is 10.8. The molecule has 0 aliphatic carbocycles. The predicted octanol–water partition coefficient (Wildman–Crippen LogP) is 4.33. The van der Waals surface area contributed by atoms with E-state index < -0.39 is 0 Å². The molecule has 5 aromatic rings. The van der Waals surface area contributed by atoms with Crippen molar-refractivity contribution in [3.63, 3.8) is 0 Å². The fraction of sp³-hybridized carbons (Fsp3) is 0. The SMILES string of the molecule is C=CC(=O)Nc1cccc(Oc2cnc3[nH]cc(-c4ccc(-c5ncc[nH]5)nc4)c3n2)c1. The van der Waals surface area contributed by atoms with E-state index in [0.29, 0.717) is 34.3 Å². The minimum Gasteiger partial charge on any atom is -0.437 e. The van der Waals surface area contributed by atoms with Gasteiger partial charge in [-0.25, -0.2) is 15.0 Å². The number of hydrogen-bond donors (Lipinski definition) is 3. The fourth-order valence-electron chi connectivity index (χ4n) is 3.19. The molecule has 9 heteroatoms. The molecule has 1 amide bonds. The summed E-state index contributed by atoms with van der Waals surface area (Å²) in [4.78, 5) is 35.4. The quantitative estimate of drug-likeness (QED) is 0.350. The van der Waals surface area contributed by atoms with Crippen molar-refractivity contribution in [2.75, 3.05) is 5.32 Å². The smallest absolute Gasteiger partial charge is 0.247 e. The summed E-state index contributed by atoms with van der Waals surface area (Å²) in [7, 11) is 0. The third-order valence-electron chi connectivity index (χ3n) is 4.68. The lowest BCUT2D eigenvalue weighted by Crippen LogP contribution is -2.07. The summed E-state index contributed by atoms with van der Waals surface area (Å²) in [5, 5.41) is 2.70. The monoisotopic (exact) mass is 423 g/mol. The van der Waals surface area contributed by atoms with Crippen LogP contribution < -0.4 is 10.1 Å². The number of carbonyl (C=O) groups is 1. The third kappa shape index (κ3) is 3.82. The average Bonchev–Trinajstić information content (AvgIpc) is 3.50. The largest absolute Gasteiger partial charge is 0.437 e. The summed E-state index contributed by atoms with van der Waals surface area (Å²) in [5.41, 5.74) is 4.36. The van der Waals surface area contributed by atoms with Gasteiger partial charge in [-0.15, -0.1) is 0 Å². The number of benzene rings is 1. The molecule has 0 atom stereocenters. The highest BCUT2D eigenvalue weighted by Gasteiger charge is 2.12. The van der Waals surface area contributed by atoms with Gasteiger partial charge in [0.2, 0.25) is 11.8 Å². The summed E-state index contributed by atoms with van der Waals surface area (Å²) in [6.45, 7) is 3.45. The van der Waals surface area contributed by atoms with Crippen molar-refractivity contribution in [3.05, 3.63) is 80.0 Å². The number of H-pyrrole nitrogens is 2. The van der Waals surface area contributed by atoms with Crippen LogP contribution in [0, 0.1) is 0 Å². The lowest BCUT2D eigenvalue weighted by atomic mass is 10.1. The van der Waals surface area contributed by atoms with Gasteiger partial charge in [0.05, 0.1) is 6.20 Å². The second kappa shape index (κ2) is 8.15. The van der Waals surface area contributed by atoms with Crippen molar-refractivity contribution in [2.45, 2.75) is 0 Å². The molecule has 0 radical (unpaired) electrons. The Bertz CT molecular complexity index is 1410. The zero-order valence-corrected chi connectivity index (χ0v) is 16.7. The molecular weight excluding hydrogens is 406 g/mol. The zero-order valence-electron chi connectivity index (χ0n) is 16.7. The third-order valence-corrected chi connectivity index (χ3v) is 4.68. The number of imidazole rings is 1. The highest BCUT2D eigenvalue weighted by molar-refractivity contribution is 5.99. The van der Waals surface area contributed by atoms with Crippen LogP contribution in [-0.2, 0) is 4.79 Å². The molecule has 0 saturated heterocycles. The van der Waals surface area contributed by atoms with Crippen LogP contribution in [0.1, 0.15) is 0 Å². The lowest BCUT2D eigenvalue weighted by molar-refractivity contribution is -0.111. The Labute approximate surface area is 182 Å². The van der Waals surface area contributed by atoms with Crippen molar-refractivity contribution < 1.29 is 9.53 Å². The van der Waals surface area contributed by atoms with Gasteiger partial charge < -0.3 is 20.0 Å². The number of aromatic amines is 2. The Morgan fingerprint density at radius 1 is 1.09 bits per heavy atom. The Kier molecular flexibility index (Phi) is 4.89. The van der Waals surface area contributed by atoms with Gasteiger partial charge in [0.1, 0.15) is 17.0 Å². The van der Waals surface area contributed by atoms with Gasteiger partial charge in [0, 0.05) is 47.7 Å². The van der Waals surface area contributed by atoms with E-state index in [4.69, 9.17) is 4.74 Å². The Balaban J connectivity index is 1.42. The molecular formula is C23H17N7O2. The van der Waals surface area contributed by atoms with Crippen LogP contribution in [0.3, 0.4) is 0 Å². The number of fused-ring (bicyclic) bond motifs is 1. The van der Waals surface area contributed by atoms with Crippen molar-refractivity contribution >= 4 is 22.8 Å². The van der Waals surface area contributed by atoms with Crippen LogP contribution in [0.15, 0.2) is 80.0 Å². The number of anilines is 1. The second-order valence-corrected chi connectivity index (χ2v) is 6.80. The van der Waals surface area contributed by atoms with Crippen LogP contribution in [-0.4, -0.2) is 35.8 Å². The molecule has 32 heavy (non-hydrogen) atoms. The number of amides is 1. The number of carbonyl (C=O) groups excluding carboxylic acids is 1. The van der Waals surface area contributed by atoms with Gasteiger partial charge >= 0.3 is 0 Å². The second-order valence-electron chi connectivity index (χ2n) is 6.80. The Morgan fingerprint density at radius 2 is 2.03 bits per heavy atom. The first-order chi connectivity index (χ1) is 15.7. The molecule has 9 nitrogen and oxygen atoms in total. The van der Waals surface area contributed by atoms with Crippen LogP contribution in [0.4, 0.5) is 5.69 Å². The van der Waals surface area contributed by atoms with Crippen LogP contribution in [0.25, 0.3) is 33.8 Å². The van der Waals surface area contributed by atoms with Gasteiger partial charge in [-0.05, 0) is 24.3 Å². The molecule has 0 spiro atoms. The topological polar surface area (TPSA) is 121 Å². The molecule has 0 fully saturated rings. The van der Waals surface area contributed by atoms with Gasteiger partial charge in [-0.3, -0.25) is 9.78 Å². The van der Waals surface area contributed by atoms with Gasteiger partial charge in [-0.2, -0.15) is 0 Å². The summed E-state index contributed by atoms with van der Waals surface area (Å²) in [6.07, 6.45) is 9.78. The van der Waals surface area contributed by atoms with Crippen molar-refractivity contribution in [1.29, 1.82) is 0 Å².